The molecule has 0 N–H and O–H groups in total. The minimum atomic E-state index is -0.0599. The van der Waals surface area contributed by atoms with E-state index in [2.05, 4.69) is 20.9 Å². The number of aliphatic imine (C=N–C) groups is 1. The molecule has 0 bridgehead atoms. The molecule has 0 spiro atoms. The number of carbonyl (C=O) groups is 1. The van der Waals surface area contributed by atoms with E-state index >= 15 is 0 Å². The summed E-state index contributed by atoms with van der Waals surface area (Å²) >= 11 is 6.01. The van der Waals surface area contributed by atoms with Crippen LogP contribution in [0.2, 0.25) is 0 Å². The van der Waals surface area contributed by atoms with E-state index in [-0.39, 0.29) is 5.12 Å². The van der Waals surface area contributed by atoms with Gasteiger partial charge >= 0.3 is 0 Å². The van der Waals surface area contributed by atoms with Gasteiger partial charge in [0.15, 0.2) is 11.5 Å². The van der Waals surface area contributed by atoms with E-state index in [1.807, 2.05) is 18.4 Å². The second kappa shape index (κ2) is 6.69. The van der Waals surface area contributed by atoms with Crippen LogP contribution in [0.25, 0.3) is 6.08 Å². The molecule has 0 aliphatic carbocycles. The molecular weight excluding hydrogens is 362 g/mol. The molecule has 0 unspecified atom stereocenters. The SMILES string of the molecule is COc1cc(Br)cc(/C=C2\N=C(SC)SC2=O)c1OC. The van der Waals surface area contributed by atoms with E-state index in [0.29, 0.717) is 17.2 Å². The minimum absolute atomic E-state index is 0.0599. The highest BCUT2D eigenvalue weighted by Crippen LogP contribution is 2.37. The maximum atomic E-state index is 11.9. The van der Waals surface area contributed by atoms with Crippen molar-refractivity contribution in [3.63, 3.8) is 0 Å². The van der Waals surface area contributed by atoms with Gasteiger partial charge in [-0.25, -0.2) is 4.99 Å². The van der Waals surface area contributed by atoms with Crippen LogP contribution in [0.4, 0.5) is 0 Å². The van der Waals surface area contributed by atoms with Gasteiger partial charge in [-0.2, -0.15) is 0 Å². The Kier molecular flexibility index (Phi) is 5.17. The van der Waals surface area contributed by atoms with Crippen molar-refractivity contribution in [2.24, 2.45) is 4.99 Å². The van der Waals surface area contributed by atoms with Crippen molar-refractivity contribution in [1.82, 2.24) is 0 Å². The van der Waals surface area contributed by atoms with Gasteiger partial charge in [0.05, 0.1) is 14.2 Å². The summed E-state index contributed by atoms with van der Waals surface area (Å²) in [5.41, 5.74) is 1.16. The molecule has 1 aromatic rings. The highest BCUT2D eigenvalue weighted by atomic mass is 79.9. The van der Waals surface area contributed by atoms with Gasteiger partial charge in [0.25, 0.3) is 0 Å². The summed E-state index contributed by atoms with van der Waals surface area (Å²) in [4.78, 5) is 16.2. The summed E-state index contributed by atoms with van der Waals surface area (Å²) < 4.78 is 12.2. The van der Waals surface area contributed by atoms with Gasteiger partial charge in [-0.15, -0.1) is 11.8 Å². The monoisotopic (exact) mass is 373 g/mol. The molecule has 7 heteroatoms. The molecule has 0 saturated heterocycles. The van der Waals surface area contributed by atoms with Gasteiger partial charge in [0, 0.05) is 10.0 Å². The Labute approximate surface area is 134 Å². The molecule has 0 radical (unpaired) electrons. The molecule has 0 aromatic heterocycles. The second-order valence-electron chi connectivity index (χ2n) is 3.73. The fourth-order valence-electron chi connectivity index (χ4n) is 1.69. The number of halogens is 1. The first-order chi connectivity index (χ1) is 9.58. The Morgan fingerprint density at radius 1 is 1.35 bits per heavy atom. The van der Waals surface area contributed by atoms with Crippen LogP contribution in [0, 0.1) is 0 Å². The van der Waals surface area contributed by atoms with Crippen molar-refractivity contribution < 1.29 is 14.3 Å². The Bertz CT molecular complexity index is 614. The first kappa shape index (κ1) is 15.5. The molecule has 1 aromatic carbocycles. The quantitative estimate of drug-likeness (QED) is 0.754. The van der Waals surface area contributed by atoms with Crippen LogP contribution >= 0.6 is 39.5 Å². The minimum Gasteiger partial charge on any atom is -0.493 e. The zero-order valence-electron chi connectivity index (χ0n) is 11.1. The van der Waals surface area contributed by atoms with Crippen molar-refractivity contribution in [1.29, 1.82) is 0 Å². The van der Waals surface area contributed by atoms with Crippen LogP contribution in [0.15, 0.2) is 27.3 Å². The van der Waals surface area contributed by atoms with Crippen molar-refractivity contribution in [3.05, 3.63) is 27.9 Å². The Morgan fingerprint density at radius 2 is 2.10 bits per heavy atom. The molecule has 2 rings (SSSR count). The van der Waals surface area contributed by atoms with Crippen molar-refractivity contribution in [2.75, 3.05) is 20.5 Å². The topological polar surface area (TPSA) is 47.9 Å². The third-order valence-corrected chi connectivity index (χ3v) is 4.85. The predicted octanol–water partition coefficient (Wildman–Crippen LogP) is 3.80. The molecule has 0 saturated carbocycles. The highest BCUT2D eigenvalue weighted by molar-refractivity contribution is 9.10. The van der Waals surface area contributed by atoms with Gasteiger partial charge in [0.2, 0.25) is 5.12 Å². The number of benzene rings is 1. The Hall–Kier alpha value is -0.920. The van der Waals surface area contributed by atoms with Crippen LogP contribution in [0.1, 0.15) is 5.56 Å². The van der Waals surface area contributed by atoms with Crippen LogP contribution in [0.3, 0.4) is 0 Å². The lowest BCUT2D eigenvalue weighted by Crippen LogP contribution is -1.95. The molecule has 1 aliphatic heterocycles. The lowest BCUT2D eigenvalue weighted by Gasteiger charge is -2.11. The summed E-state index contributed by atoms with van der Waals surface area (Å²) in [5.74, 6) is 1.18. The number of ether oxygens (including phenoxy) is 2. The second-order valence-corrected chi connectivity index (χ2v) is 6.66. The number of methoxy groups -OCH3 is 2. The standard InChI is InChI=1S/C13H12BrNO3S2/c1-17-10-6-8(14)4-7(11(10)18-2)5-9-12(16)20-13(15-9)19-3/h4-6H,1-3H3/b9-5-. The predicted molar refractivity (Wildman–Crippen MR) is 88.8 cm³/mol. The lowest BCUT2D eigenvalue weighted by molar-refractivity contribution is -0.107. The van der Waals surface area contributed by atoms with Crippen LogP contribution in [-0.4, -0.2) is 30.0 Å². The fourth-order valence-corrected chi connectivity index (χ4v) is 3.41. The van der Waals surface area contributed by atoms with Gasteiger partial charge in [-0.1, -0.05) is 15.9 Å². The summed E-state index contributed by atoms with van der Waals surface area (Å²) in [5, 5.41) is -0.0599. The molecule has 106 valence electrons. The van der Waals surface area contributed by atoms with Crippen LogP contribution in [-0.2, 0) is 4.79 Å². The van der Waals surface area contributed by atoms with Crippen molar-refractivity contribution >= 4 is 55.0 Å². The van der Waals surface area contributed by atoms with Crippen molar-refractivity contribution in [3.8, 4) is 11.5 Å². The van der Waals surface area contributed by atoms with E-state index in [4.69, 9.17) is 9.47 Å². The average molecular weight is 374 g/mol. The zero-order chi connectivity index (χ0) is 14.7. The first-order valence-corrected chi connectivity index (χ1v) is 8.40. The summed E-state index contributed by atoms with van der Waals surface area (Å²) in [6, 6.07) is 3.67. The van der Waals surface area contributed by atoms with Gasteiger partial charge in [-0.3, -0.25) is 4.79 Å². The number of hydrogen-bond donors (Lipinski definition) is 0. The zero-order valence-corrected chi connectivity index (χ0v) is 14.3. The van der Waals surface area contributed by atoms with Crippen LogP contribution in [0.5, 0.6) is 11.5 Å². The average Bonchev–Trinajstić information content (AvgIpc) is 2.78. The highest BCUT2D eigenvalue weighted by Gasteiger charge is 2.22. The Balaban J connectivity index is 2.50. The van der Waals surface area contributed by atoms with E-state index in [0.717, 1.165) is 26.2 Å². The molecule has 20 heavy (non-hydrogen) atoms. The third kappa shape index (κ3) is 3.21. The third-order valence-electron chi connectivity index (χ3n) is 2.54. The Morgan fingerprint density at radius 3 is 2.65 bits per heavy atom. The smallest absolute Gasteiger partial charge is 0.244 e. The number of thioether (sulfide) groups is 2. The molecular formula is C13H12BrNO3S2. The number of rotatable bonds is 3. The molecule has 1 aliphatic rings. The molecule has 0 atom stereocenters. The summed E-state index contributed by atoms with van der Waals surface area (Å²) in [6.45, 7) is 0. The maximum absolute atomic E-state index is 11.9. The van der Waals surface area contributed by atoms with E-state index < -0.39 is 0 Å². The van der Waals surface area contributed by atoms with Crippen LogP contribution < -0.4 is 9.47 Å². The van der Waals surface area contributed by atoms with E-state index in [1.165, 1.54) is 11.8 Å². The fraction of sp³-hybridized carbons (Fsp3) is 0.231. The molecule has 1 heterocycles. The summed E-state index contributed by atoms with van der Waals surface area (Å²) in [6.07, 6.45) is 3.61. The largest absolute Gasteiger partial charge is 0.493 e. The van der Waals surface area contributed by atoms with Gasteiger partial charge in [0.1, 0.15) is 10.1 Å². The molecule has 4 nitrogen and oxygen atoms in total. The van der Waals surface area contributed by atoms with Crippen molar-refractivity contribution in [2.45, 2.75) is 0 Å². The lowest BCUT2D eigenvalue weighted by atomic mass is 10.1. The molecule has 0 amide bonds. The van der Waals surface area contributed by atoms with E-state index in [1.54, 1.807) is 20.3 Å². The van der Waals surface area contributed by atoms with Gasteiger partial charge in [-0.05, 0) is 36.2 Å². The van der Waals surface area contributed by atoms with E-state index in [9.17, 15) is 4.79 Å². The normalized spacial score (nSPS) is 16.5. The van der Waals surface area contributed by atoms with Gasteiger partial charge < -0.3 is 9.47 Å². The molecule has 0 fully saturated rings. The number of carbonyl (C=O) groups excluding carboxylic acids is 1. The summed E-state index contributed by atoms with van der Waals surface area (Å²) in [7, 11) is 3.14. The maximum Gasteiger partial charge on any atom is 0.244 e. The number of nitrogens with zero attached hydrogens (tertiary/aromatic N) is 1. The number of hydrogen-bond acceptors (Lipinski definition) is 6. The first-order valence-electron chi connectivity index (χ1n) is 5.57.